The lowest BCUT2D eigenvalue weighted by Gasteiger charge is -2.29. The maximum Gasteiger partial charge on any atom is 0.187 e. The molecule has 84 valence electrons. The summed E-state index contributed by atoms with van der Waals surface area (Å²) in [5.41, 5.74) is 5.73. The van der Waals surface area contributed by atoms with Crippen molar-refractivity contribution in [2.24, 2.45) is 22.6 Å². The number of fused-ring (bicyclic) bond motifs is 1. The van der Waals surface area contributed by atoms with Gasteiger partial charge in [0.15, 0.2) is 5.90 Å². The van der Waals surface area contributed by atoms with Crippen molar-refractivity contribution in [3.63, 3.8) is 0 Å². The van der Waals surface area contributed by atoms with Gasteiger partial charge in [-0.15, -0.1) is 0 Å². The molecule has 3 heteroatoms. The van der Waals surface area contributed by atoms with E-state index in [2.05, 4.69) is 0 Å². The maximum absolute atomic E-state index is 5.97. The lowest BCUT2D eigenvalue weighted by atomic mass is 9.84. The summed E-state index contributed by atoms with van der Waals surface area (Å²) in [6.07, 6.45) is 7.86. The summed E-state index contributed by atoms with van der Waals surface area (Å²) < 4.78 is 5.97. The molecule has 0 aromatic carbocycles. The van der Waals surface area contributed by atoms with Crippen molar-refractivity contribution in [3.05, 3.63) is 0 Å². The molecule has 2 N–H and O–H groups in total. The Kier molecular flexibility index (Phi) is 2.43. The first kappa shape index (κ1) is 9.64. The highest BCUT2D eigenvalue weighted by Crippen LogP contribution is 2.37. The van der Waals surface area contributed by atoms with Crippen LogP contribution >= 0.6 is 0 Å². The zero-order valence-electron chi connectivity index (χ0n) is 9.19. The van der Waals surface area contributed by atoms with Crippen LogP contribution in [0.5, 0.6) is 0 Å². The third-order valence-electron chi connectivity index (χ3n) is 4.22. The lowest BCUT2D eigenvalue weighted by molar-refractivity contribution is 0.118. The van der Waals surface area contributed by atoms with Crippen LogP contribution in [0.1, 0.15) is 38.5 Å². The van der Waals surface area contributed by atoms with E-state index in [1.165, 1.54) is 25.7 Å². The predicted molar refractivity (Wildman–Crippen MR) is 59.8 cm³/mol. The van der Waals surface area contributed by atoms with E-state index < -0.39 is 0 Å². The number of rotatable bonds is 2. The zero-order chi connectivity index (χ0) is 10.3. The Morgan fingerprint density at radius 3 is 2.80 bits per heavy atom. The summed E-state index contributed by atoms with van der Waals surface area (Å²) in [6, 6.07) is 0.433. The molecule has 2 saturated carbocycles. The van der Waals surface area contributed by atoms with E-state index in [0.717, 1.165) is 25.3 Å². The van der Waals surface area contributed by atoms with Gasteiger partial charge in [-0.3, -0.25) is 0 Å². The average molecular weight is 208 g/mol. The Labute approximate surface area is 91.1 Å². The first-order chi connectivity index (χ1) is 7.36. The van der Waals surface area contributed by atoms with Gasteiger partial charge in [-0.05, 0) is 44.6 Å². The molecule has 0 bridgehead atoms. The smallest absolute Gasteiger partial charge is 0.187 e. The Hall–Kier alpha value is -0.570. The van der Waals surface area contributed by atoms with Crippen LogP contribution in [0.25, 0.3) is 0 Å². The number of hydrogen-bond acceptors (Lipinski definition) is 3. The van der Waals surface area contributed by atoms with E-state index in [9.17, 15) is 0 Å². The Bertz CT molecular complexity index is 273. The summed E-state index contributed by atoms with van der Waals surface area (Å²) in [4.78, 5) is 4.77. The third kappa shape index (κ3) is 1.67. The standard InChI is InChI=1S/C12H20N2O/c13-7-8-4-5-11-10(6-8)14-12(15-11)9-2-1-3-9/h8-11H,1-7,13H2. The molecular formula is C12H20N2O. The minimum atomic E-state index is 0.392. The highest BCUT2D eigenvalue weighted by molar-refractivity contribution is 5.81. The molecule has 0 aromatic rings. The molecule has 3 aliphatic rings. The van der Waals surface area contributed by atoms with Gasteiger partial charge in [0.1, 0.15) is 6.10 Å². The molecule has 0 saturated heterocycles. The van der Waals surface area contributed by atoms with Gasteiger partial charge < -0.3 is 10.5 Å². The normalized spacial score (nSPS) is 40.3. The Morgan fingerprint density at radius 2 is 2.13 bits per heavy atom. The van der Waals surface area contributed by atoms with Crippen LogP contribution in [0.2, 0.25) is 0 Å². The second-order valence-corrected chi connectivity index (χ2v) is 5.23. The van der Waals surface area contributed by atoms with Gasteiger partial charge in [0, 0.05) is 5.92 Å². The van der Waals surface area contributed by atoms with E-state index in [4.69, 9.17) is 15.5 Å². The van der Waals surface area contributed by atoms with Crippen molar-refractivity contribution in [3.8, 4) is 0 Å². The van der Waals surface area contributed by atoms with Gasteiger partial charge >= 0.3 is 0 Å². The lowest BCUT2D eigenvalue weighted by Crippen LogP contribution is -2.34. The second-order valence-electron chi connectivity index (χ2n) is 5.23. The van der Waals surface area contributed by atoms with Gasteiger partial charge in [-0.25, -0.2) is 4.99 Å². The zero-order valence-corrected chi connectivity index (χ0v) is 9.19. The van der Waals surface area contributed by atoms with Crippen molar-refractivity contribution >= 4 is 5.90 Å². The first-order valence-corrected chi connectivity index (χ1v) is 6.31. The fraction of sp³-hybridized carbons (Fsp3) is 0.917. The van der Waals surface area contributed by atoms with Gasteiger partial charge in [0.25, 0.3) is 0 Å². The maximum atomic E-state index is 5.97. The fourth-order valence-corrected chi connectivity index (χ4v) is 2.90. The van der Waals surface area contributed by atoms with Crippen molar-refractivity contribution in [1.82, 2.24) is 0 Å². The second kappa shape index (κ2) is 3.78. The van der Waals surface area contributed by atoms with E-state index in [0.29, 0.717) is 24.0 Å². The topological polar surface area (TPSA) is 47.6 Å². The van der Waals surface area contributed by atoms with Crippen LogP contribution in [0, 0.1) is 11.8 Å². The molecule has 2 fully saturated rings. The summed E-state index contributed by atoms with van der Waals surface area (Å²) in [5.74, 6) is 2.42. The molecule has 0 spiro atoms. The van der Waals surface area contributed by atoms with Crippen LogP contribution in [-0.4, -0.2) is 24.6 Å². The van der Waals surface area contributed by atoms with Gasteiger partial charge in [0.2, 0.25) is 0 Å². The molecule has 15 heavy (non-hydrogen) atoms. The van der Waals surface area contributed by atoms with Crippen LogP contribution < -0.4 is 5.73 Å². The molecule has 2 aliphatic carbocycles. The largest absolute Gasteiger partial charge is 0.475 e. The quantitative estimate of drug-likeness (QED) is 0.751. The highest BCUT2D eigenvalue weighted by Gasteiger charge is 2.39. The molecule has 3 rings (SSSR count). The number of nitrogens with two attached hydrogens (primary N) is 1. The van der Waals surface area contributed by atoms with Crippen LogP contribution in [0.15, 0.2) is 4.99 Å². The van der Waals surface area contributed by atoms with Gasteiger partial charge in [-0.1, -0.05) is 6.42 Å². The molecular weight excluding hydrogens is 188 g/mol. The number of hydrogen-bond donors (Lipinski definition) is 1. The van der Waals surface area contributed by atoms with Crippen molar-refractivity contribution in [2.75, 3.05) is 6.54 Å². The van der Waals surface area contributed by atoms with Gasteiger partial charge in [0.05, 0.1) is 6.04 Å². The molecule has 3 nitrogen and oxygen atoms in total. The number of aliphatic imine (C=N–C) groups is 1. The first-order valence-electron chi connectivity index (χ1n) is 6.31. The summed E-state index contributed by atoms with van der Waals surface area (Å²) >= 11 is 0. The fourth-order valence-electron chi connectivity index (χ4n) is 2.90. The van der Waals surface area contributed by atoms with Gasteiger partial charge in [-0.2, -0.15) is 0 Å². The van der Waals surface area contributed by atoms with Crippen molar-refractivity contribution in [1.29, 1.82) is 0 Å². The molecule has 1 aliphatic heterocycles. The summed E-state index contributed by atoms with van der Waals surface area (Å²) in [6.45, 7) is 0.817. The van der Waals surface area contributed by atoms with Crippen molar-refractivity contribution in [2.45, 2.75) is 50.7 Å². The number of ether oxygens (including phenoxy) is 1. The van der Waals surface area contributed by atoms with Crippen LogP contribution in [0.3, 0.4) is 0 Å². The predicted octanol–water partition coefficient (Wildman–Crippen LogP) is 1.71. The molecule has 0 radical (unpaired) electrons. The Morgan fingerprint density at radius 1 is 1.27 bits per heavy atom. The van der Waals surface area contributed by atoms with E-state index in [1.54, 1.807) is 0 Å². The average Bonchev–Trinajstić information content (AvgIpc) is 2.56. The van der Waals surface area contributed by atoms with Crippen molar-refractivity contribution < 1.29 is 4.74 Å². The Balaban J connectivity index is 1.66. The van der Waals surface area contributed by atoms with Crippen LogP contribution in [-0.2, 0) is 4.74 Å². The minimum absolute atomic E-state index is 0.392. The molecule has 3 atom stereocenters. The van der Waals surface area contributed by atoms with E-state index in [-0.39, 0.29) is 0 Å². The molecule has 1 heterocycles. The minimum Gasteiger partial charge on any atom is -0.475 e. The number of nitrogens with zero attached hydrogens (tertiary/aromatic N) is 1. The highest BCUT2D eigenvalue weighted by atomic mass is 16.5. The summed E-state index contributed by atoms with van der Waals surface area (Å²) in [5, 5.41) is 0. The SMILES string of the molecule is NCC1CCC2OC(C3CCC3)=NC2C1. The molecule has 3 unspecified atom stereocenters. The van der Waals surface area contributed by atoms with E-state index in [1.807, 2.05) is 0 Å². The molecule has 0 aromatic heterocycles. The van der Waals surface area contributed by atoms with E-state index >= 15 is 0 Å². The summed E-state index contributed by atoms with van der Waals surface area (Å²) in [7, 11) is 0. The third-order valence-corrected chi connectivity index (χ3v) is 4.22. The monoisotopic (exact) mass is 208 g/mol. The molecule has 0 amide bonds. The van der Waals surface area contributed by atoms with Crippen LogP contribution in [0.4, 0.5) is 0 Å².